The Morgan fingerprint density at radius 2 is 0.345 bits per heavy atom. The summed E-state index contributed by atoms with van der Waals surface area (Å²) in [6.45, 7) is 33.2. The molecular formula is C114H144N2. The van der Waals surface area contributed by atoms with E-state index in [0.717, 1.165) is 26.2 Å². The molecule has 0 atom stereocenters. The first-order chi connectivity index (χ1) is 56.9. The molecule has 0 heterocycles. The summed E-state index contributed by atoms with van der Waals surface area (Å²) in [7, 11) is 0. The molecule has 2 heteroatoms. The molecule has 0 saturated carbocycles. The van der Waals surface area contributed by atoms with Crippen molar-refractivity contribution in [1.82, 2.24) is 0 Å². The van der Waals surface area contributed by atoms with Crippen LogP contribution in [-0.2, 0) is 21.7 Å². The van der Waals surface area contributed by atoms with E-state index in [9.17, 15) is 0 Å². The van der Waals surface area contributed by atoms with Crippen LogP contribution in [0, 0.1) is 0 Å². The van der Waals surface area contributed by atoms with E-state index in [0.29, 0.717) is 0 Å². The summed E-state index contributed by atoms with van der Waals surface area (Å²) in [5, 5.41) is 0. The van der Waals surface area contributed by atoms with Gasteiger partial charge in [-0.05, 0) is 271 Å². The zero-order valence-electron chi connectivity index (χ0n) is 74.1. The first-order valence-electron chi connectivity index (χ1n) is 47.4. The molecule has 9 aromatic carbocycles. The predicted octanol–water partition coefficient (Wildman–Crippen LogP) is 33.8. The molecule has 2 nitrogen and oxygen atoms in total. The van der Waals surface area contributed by atoms with Crippen molar-refractivity contribution < 1.29 is 0 Å². The van der Waals surface area contributed by atoms with Crippen molar-refractivity contribution in [3.63, 3.8) is 0 Å². The Kier molecular flexibility index (Phi) is 29.7. The third kappa shape index (κ3) is 17.9. The quantitative estimate of drug-likeness (QED) is 0.0351. The fourth-order valence-electron chi connectivity index (χ4n) is 21.1. The van der Waals surface area contributed by atoms with Gasteiger partial charge in [-0.2, -0.15) is 0 Å². The molecule has 0 fully saturated rings. The number of unbranched alkanes of at least 4 members (excludes halogenated alkanes) is 12. The van der Waals surface area contributed by atoms with Gasteiger partial charge < -0.3 is 9.80 Å². The van der Waals surface area contributed by atoms with Gasteiger partial charge in [0, 0.05) is 59.2 Å². The second-order valence-electron chi connectivity index (χ2n) is 35.8. The predicted molar refractivity (Wildman–Crippen MR) is 513 cm³/mol. The lowest BCUT2D eigenvalue weighted by Crippen LogP contribution is -2.27. The van der Waals surface area contributed by atoms with Gasteiger partial charge in [0.1, 0.15) is 0 Å². The first-order valence-corrected chi connectivity index (χ1v) is 47.4. The lowest BCUT2D eigenvalue weighted by Gasteiger charge is -2.35. The van der Waals surface area contributed by atoms with Crippen LogP contribution in [0.5, 0.6) is 0 Å². The molecule has 4 aliphatic rings. The van der Waals surface area contributed by atoms with Crippen molar-refractivity contribution in [1.29, 1.82) is 0 Å². The highest BCUT2D eigenvalue weighted by atomic mass is 15.1. The zero-order valence-corrected chi connectivity index (χ0v) is 74.1. The molecule has 116 heavy (non-hydrogen) atoms. The fraction of sp³-hybridized carbons (Fsp3) is 0.456. The SMILES string of the molecule is CCCCN(CCCC)c1ccc(/C=C/c2ccc(/C=C/c3ccc4c(c3)C(CCCC)(CCCC)c3cc5c(cc3-4)C(CCCC)(CCCC)c3cc4c(cc3-5)C(CCCC)(CCCC)c3cc5c(cc3-4)C(CCCC)(CCCC)c3cc(/C=C/c4ccc(/C=C/c6ccc(N(CCCC)CCCC)cc6)cc4)ccc3-5)cc2)cc1. The molecule has 4 aliphatic carbocycles. The summed E-state index contributed by atoms with van der Waals surface area (Å²) in [6, 6.07) is 69.3. The number of anilines is 2. The van der Waals surface area contributed by atoms with Gasteiger partial charge in [0.05, 0.1) is 0 Å². The Balaban J connectivity index is 0.860. The summed E-state index contributed by atoms with van der Waals surface area (Å²) in [4.78, 5) is 5.15. The van der Waals surface area contributed by atoms with E-state index in [1.807, 2.05) is 0 Å². The molecule has 0 unspecified atom stereocenters. The number of nitrogens with zero attached hydrogens (tertiary/aromatic N) is 2. The largest absolute Gasteiger partial charge is 0.372 e. The van der Waals surface area contributed by atoms with Crippen LogP contribution in [0.15, 0.2) is 170 Å². The second kappa shape index (κ2) is 40.3. The Morgan fingerprint density at radius 3 is 0.543 bits per heavy atom. The van der Waals surface area contributed by atoms with Crippen molar-refractivity contribution in [2.24, 2.45) is 0 Å². The smallest absolute Gasteiger partial charge is 0.0366 e. The van der Waals surface area contributed by atoms with Gasteiger partial charge in [-0.15, -0.1) is 0 Å². The van der Waals surface area contributed by atoms with Gasteiger partial charge in [0.25, 0.3) is 0 Å². The summed E-state index contributed by atoms with van der Waals surface area (Å²) >= 11 is 0. The number of benzene rings is 9. The van der Waals surface area contributed by atoms with Crippen molar-refractivity contribution in [3.8, 4) is 44.5 Å². The highest BCUT2D eigenvalue weighted by molar-refractivity contribution is 5.96. The number of fused-ring (bicyclic) bond motifs is 12. The maximum Gasteiger partial charge on any atom is 0.0366 e. The van der Waals surface area contributed by atoms with Gasteiger partial charge >= 0.3 is 0 Å². The highest BCUT2D eigenvalue weighted by Crippen LogP contribution is 2.66. The summed E-state index contributed by atoms with van der Waals surface area (Å²) in [5.74, 6) is 0. The molecule has 0 spiro atoms. The molecule has 0 bridgehead atoms. The van der Waals surface area contributed by atoms with Crippen LogP contribution in [0.2, 0.25) is 0 Å². The average Bonchev–Trinajstić information content (AvgIpc) is 1.51. The minimum atomic E-state index is -0.0832. The third-order valence-corrected chi connectivity index (χ3v) is 27.9. The van der Waals surface area contributed by atoms with E-state index < -0.39 is 0 Å². The number of hydrogen-bond donors (Lipinski definition) is 0. The molecule has 13 rings (SSSR count). The van der Waals surface area contributed by atoms with Crippen LogP contribution in [-0.4, -0.2) is 26.2 Å². The minimum Gasteiger partial charge on any atom is -0.372 e. The van der Waals surface area contributed by atoms with Gasteiger partial charge in [-0.1, -0.05) is 369 Å². The Bertz CT molecular complexity index is 4460. The van der Waals surface area contributed by atoms with Crippen LogP contribution in [0.1, 0.15) is 378 Å². The molecule has 0 radical (unpaired) electrons. The average molecular weight is 1540 g/mol. The highest BCUT2D eigenvalue weighted by Gasteiger charge is 2.52. The summed E-state index contributed by atoms with van der Waals surface area (Å²) in [5.41, 5.74) is 37.6. The van der Waals surface area contributed by atoms with Crippen molar-refractivity contribution in [3.05, 3.63) is 259 Å². The Labute approximate surface area is 705 Å². The minimum absolute atomic E-state index is 0.0654. The Morgan fingerprint density at radius 1 is 0.181 bits per heavy atom. The van der Waals surface area contributed by atoms with Crippen LogP contribution in [0.25, 0.3) is 93.1 Å². The standard InChI is InChI=1S/C114H144N2/c1-13-25-65-111(66-26-14-2)103-77-91(51-49-87-41-37-85(38-42-87)45-47-89-53-59-93(60-54-89)115(73-33-21-9)74-34-22-10)57-63-95(103)97-79-107-99(81-105(97)111)101-83-110-102(84-109(101)113(107,69-29-17-5)70-30-18-6)100-82-106-98(80-108(100)114(110,71-31-19-7)72-32-20-8)96-64-58-92(78-104(96)112(106,67-27-15-3)68-28-16-4)52-50-88-43-39-86(40-44-88)46-48-90-55-61-94(62-56-90)116(75-35-23-11)76-36-24-12/h37-64,77-84H,13-36,65-76H2,1-12H3/b47-45+,48-46+,51-49+,52-50+. The number of hydrogen-bond acceptors (Lipinski definition) is 2. The summed E-state index contributed by atoms with van der Waals surface area (Å²) in [6.07, 6.45) is 57.1. The molecule has 610 valence electrons. The fourth-order valence-corrected chi connectivity index (χ4v) is 21.1. The Hall–Kier alpha value is -8.46. The first kappa shape index (κ1) is 85.4. The van der Waals surface area contributed by atoms with E-state index in [2.05, 4.69) is 311 Å². The second-order valence-corrected chi connectivity index (χ2v) is 35.8. The zero-order chi connectivity index (χ0) is 81.1. The number of rotatable bonds is 46. The van der Waals surface area contributed by atoms with Crippen molar-refractivity contribution in [2.45, 2.75) is 310 Å². The van der Waals surface area contributed by atoms with Gasteiger partial charge in [-0.25, -0.2) is 0 Å². The van der Waals surface area contributed by atoms with Gasteiger partial charge in [0.2, 0.25) is 0 Å². The van der Waals surface area contributed by atoms with E-state index in [1.165, 1.54) is 284 Å². The molecule has 0 saturated heterocycles. The normalized spacial score (nSPS) is 14.7. The van der Waals surface area contributed by atoms with Crippen molar-refractivity contribution in [2.75, 3.05) is 36.0 Å². The third-order valence-electron chi connectivity index (χ3n) is 27.9. The molecule has 0 N–H and O–H groups in total. The molecule has 9 aromatic rings. The van der Waals surface area contributed by atoms with Crippen molar-refractivity contribution >= 4 is 60.0 Å². The molecule has 0 aromatic heterocycles. The monoisotopic (exact) mass is 1540 g/mol. The lowest BCUT2D eigenvalue weighted by molar-refractivity contribution is 0.408. The topological polar surface area (TPSA) is 6.48 Å². The van der Waals surface area contributed by atoms with Crippen LogP contribution < -0.4 is 9.80 Å². The van der Waals surface area contributed by atoms with E-state index in [-0.39, 0.29) is 21.7 Å². The molecular weight excluding hydrogens is 1400 g/mol. The van der Waals surface area contributed by atoms with Gasteiger partial charge in [-0.3, -0.25) is 0 Å². The maximum atomic E-state index is 2.91. The maximum absolute atomic E-state index is 2.91. The molecule has 0 amide bonds. The van der Waals surface area contributed by atoms with E-state index >= 15 is 0 Å². The van der Waals surface area contributed by atoms with E-state index in [1.54, 1.807) is 66.8 Å². The van der Waals surface area contributed by atoms with Crippen LogP contribution in [0.3, 0.4) is 0 Å². The van der Waals surface area contributed by atoms with Crippen LogP contribution in [0.4, 0.5) is 11.4 Å². The molecule has 0 aliphatic heterocycles. The van der Waals surface area contributed by atoms with Gasteiger partial charge in [0.15, 0.2) is 0 Å². The summed E-state index contributed by atoms with van der Waals surface area (Å²) < 4.78 is 0. The van der Waals surface area contributed by atoms with E-state index in [4.69, 9.17) is 0 Å². The van der Waals surface area contributed by atoms with Crippen LogP contribution >= 0.6 is 0 Å². The lowest BCUT2D eigenvalue weighted by atomic mass is 9.68.